The molecular weight excluding hydrogens is 1340 g/mol. The quantitative estimate of drug-likeness (QED) is 0.0237. The Balaban J connectivity index is 0.680. The summed E-state index contributed by atoms with van der Waals surface area (Å²) in [5.41, 5.74) is 9.66. The van der Waals surface area contributed by atoms with Crippen molar-refractivity contribution in [2.24, 2.45) is 5.92 Å². The maximum atomic E-state index is 12.5. The molecule has 2 fully saturated rings. The lowest BCUT2D eigenvalue weighted by atomic mass is 9.96. The number of aromatic nitrogens is 6. The molecule has 0 radical (unpaired) electrons. The molecule has 2 saturated heterocycles. The topological polar surface area (TPSA) is 401 Å². The molecule has 0 unspecified atom stereocenters. The summed E-state index contributed by atoms with van der Waals surface area (Å²) in [7, 11) is 0. The summed E-state index contributed by atoms with van der Waals surface area (Å²) in [6.45, 7) is 3.88. The van der Waals surface area contributed by atoms with Crippen molar-refractivity contribution in [3.63, 3.8) is 0 Å². The molecule has 0 bridgehead atoms. The van der Waals surface area contributed by atoms with Gasteiger partial charge in [-0.25, -0.2) is 9.36 Å². The van der Waals surface area contributed by atoms with Crippen LogP contribution in [0.25, 0.3) is 44.5 Å². The van der Waals surface area contributed by atoms with Gasteiger partial charge in [0, 0.05) is 11.5 Å². The maximum absolute atomic E-state index is 12.5. The molecule has 560 valence electrons. The highest BCUT2D eigenvalue weighted by molar-refractivity contribution is 5.79. The van der Waals surface area contributed by atoms with E-state index in [1.54, 1.807) is 9.36 Å². The van der Waals surface area contributed by atoms with Crippen LogP contribution in [0.4, 0.5) is 0 Å². The molecule has 10 atom stereocenters. The fourth-order valence-corrected chi connectivity index (χ4v) is 10.9. The van der Waals surface area contributed by atoms with Crippen LogP contribution in [0.3, 0.4) is 0 Å². The van der Waals surface area contributed by atoms with Gasteiger partial charge in [0.2, 0.25) is 11.8 Å². The summed E-state index contributed by atoms with van der Waals surface area (Å²) in [6, 6.07) is 43.8. The van der Waals surface area contributed by atoms with E-state index in [9.17, 15) is 50.4 Å². The molecule has 2 aliphatic rings. The minimum atomic E-state index is -1.63. The highest BCUT2D eigenvalue weighted by atomic mass is 16.7. The zero-order chi connectivity index (χ0) is 72.4. The lowest BCUT2D eigenvalue weighted by Crippen LogP contribution is -2.59. The number of nitrogens with one attached hydrogen (secondary N) is 2. The molecular formula is C72H94N8O23. The van der Waals surface area contributed by atoms with Crippen LogP contribution in [-0.4, -0.2) is 283 Å². The number of aliphatic hydroxyl groups is 8. The number of amides is 2. The second-order valence-electron chi connectivity index (χ2n) is 24.1. The van der Waals surface area contributed by atoms with Crippen LogP contribution in [0.5, 0.6) is 5.75 Å². The number of ether oxygens (including phenoxy) is 13. The lowest BCUT2D eigenvalue weighted by molar-refractivity contribution is -0.299. The van der Waals surface area contributed by atoms with E-state index in [2.05, 4.69) is 122 Å². The number of hydrogen-bond donors (Lipinski definition) is 10. The molecule has 103 heavy (non-hydrogen) atoms. The normalized spacial score (nSPS) is 20.5. The van der Waals surface area contributed by atoms with E-state index in [-0.39, 0.29) is 25.6 Å². The van der Waals surface area contributed by atoms with E-state index in [4.69, 9.17) is 61.6 Å². The van der Waals surface area contributed by atoms with E-state index >= 15 is 0 Å². The zero-order valence-corrected chi connectivity index (χ0v) is 57.2. The Hall–Kier alpha value is -7.68. The average molecular weight is 1440 g/mol. The molecule has 2 aliphatic heterocycles. The van der Waals surface area contributed by atoms with Gasteiger partial charge in [0.05, 0.1) is 175 Å². The van der Waals surface area contributed by atoms with E-state index in [0.29, 0.717) is 136 Å². The Morgan fingerprint density at radius 3 is 1.18 bits per heavy atom. The predicted octanol–water partition coefficient (Wildman–Crippen LogP) is 0.931. The van der Waals surface area contributed by atoms with Crippen molar-refractivity contribution >= 4 is 11.8 Å². The van der Waals surface area contributed by atoms with Gasteiger partial charge in [-0.05, 0) is 45.0 Å². The molecule has 7 aromatic rings. The molecule has 0 saturated carbocycles. The Kier molecular flexibility index (Phi) is 33.6. The smallest absolute Gasteiger partial charge is 0.246 e. The van der Waals surface area contributed by atoms with Crippen LogP contribution in [0, 0.1) is 5.92 Å². The van der Waals surface area contributed by atoms with E-state index in [1.807, 2.05) is 36.4 Å². The molecule has 5 aromatic carbocycles. The summed E-state index contributed by atoms with van der Waals surface area (Å²) in [6.07, 6.45) is -11.8. The average Bonchev–Trinajstić information content (AvgIpc) is 1.31. The molecule has 2 aromatic heterocycles. The van der Waals surface area contributed by atoms with Gasteiger partial charge in [-0.15, -0.1) is 10.2 Å². The number of aliphatic hydroxyl groups excluding tert-OH is 8. The van der Waals surface area contributed by atoms with Gasteiger partial charge >= 0.3 is 0 Å². The first-order chi connectivity index (χ1) is 50.4. The van der Waals surface area contributed by atoms with Crippen LogP contribution in [-0.2, 0) is 92.6 Å². The Bertz CT molecular complexity index is 3400. The molecule has 0 spiro atoms. The Morgan fingerprint density at radius 2 is 0.777 bits per heavy atom. The maximum Gasteiger partial charge on any atom is 0.246 e. The first kappa shape index (κ1) is 79.4. The monoisotopic (exact) mass is 1440 g/mol. The fourth-order valence-electron chi connectivity index (χ4n) is 10.9. The van der Waals surface area contributed by atoms with Gasteiger partial charge < -0.3 is 113 Å². The van der Waals surface area contributed by atoms with E-state index in [0.717, 1.165) is 44.5 Å². The summed E-state index contributed by atoms with van der Waals surface area (Å²) < 4.78 is 78.1. The number of hydrogen-bond acceptors (Lipinski definition) is 27. The molecule has 9 rings (SSSR count). The third-order valence-corrected chi connectivity index (χ3v) is 16.7. The highest BCUT2D eigenvalue weighted by Crippen LogP contribution is 2.37. The standard InChI is InChI=1S/C72H94N8O23/c81-42-61-65(85)67(87)69(89)71(102-61)100-47-63(83)73-38-57-40-75-77-79(57)21-23-91-25-27-93-29-31-95-33-35-97-44-49(45-98-36-34-96-32-30-94-28-26-92-24-22-80-58(41-76-78-80)39-74-64(84)48-101-72-70(90)68(88)66(86)62(43-82)103-72)46-99-60-37-56(54-13-11-52(12-14-54)50-7-3-1-4-8-50)19-20-59(60)55-17-15-53(16-18-55)51-9-5-2-6-10-51/h1-20,37,40-41,49,61-62,65-72,81-82,85-90H,21-36,38-39,42-48H2,(H,73,83)(H,74,84)/t61-,62-,65-,66-,67+,68+,69+,70+,71+,72+/m1/s1. The van der Waals surface area contributed by atoms with Crippen LogP contribution in [0.2, 0.25) is 0 Å². The third kappa shape index (κ3) is 25.3. The van der Waals surface area contributed by atoms with E-state index in [1.165, 1.54) is 12.4 Å². The number of carbonyl (C=O) groups is 2. The molecule has 4 heterocycles. The number of benzene rings is 5. The highest BCUT2D eigenvalue weighted by Gasteiger charge is 2.45. The van der Waals surface area contributed by atoms with Crippen LogP contribution in [0.15, 0.2) is 140 Å². The second-order valence-corrected chi connectivity index (χ2v) is 24.1. The van der Waals surface area contributed by atoms with Gasteiger partial charge in [0.15, 0.2) is 12.6 Å². The summed E-state index contributed by atoms with van der Waals surface area (Å²) >= 11 is 0. The van der Waals surface area contributed by atoms with E-state index < -0.39 is 99.7 Å². The summed E-state index contributed by atoms with van der Waals surface area (Å²) in [5.74, 6) is -0.592. The Labute approximate surface area is 595 Å². The molecule has 0 aliphatic carbocycles. The van der Waals surface area contributed by atoms with Gasteiger partial charge in [-0.1, -0.05) is 132 Å². The van der Waals surface area contributed by atoms with Crippen LogP contribution >= 0.6 is 0 Å². The number of carbonyl (C=O) groups excluding carboxylic acids is 2. The fraction of sp³-hybridized carbons (Fsp3) is 0.500. The molecule has 2 amide bonds. The largest absolute Gasteiger partial charge is 0.492 e. The van der Waals surface area contributed by atoms with Crippen LogP contribution < -0.4 is 15.4 Å². The summed E-state index contributed by atoms with van der Waals surface area (Å²) in [4.78, 5) is 25.0. The van der Waals surface area contributed by atoms with Crippen molar-refractivity contribution in [2.45, 2.75) is 87.6 Å². The minimum absolute atomic E-state index is 0.0615. The molecule has 10 N–H and O–H groups in total. The predicted molar refractivity (Wildman–Crippen MR) is 367 cm³/mol. The third-order valence-electron chi connectivity index (χ3n) is 16.7. The van der Waals surface area contributed by atoms with Crippen molar-refractivity contribution in [3.8, 4) is 50.3 Å². The van der Waals surface area contributed by atoms with Crippen molar-refractivity contribution in [1.29, 1.82) is 0 Å². The summed E-state index contributed by atoms with van der Waals surface area (Å²) in [5, 5.41) is 100. The number of nitrogens with zero attached hydrogens (tertiary/aromatic N) is 6. The molecule has 31 nitrogen and oxygen atoms in total. The van der Waals surface area contributed by atoms with Crippen molar-refractivity contribution in [3.05, 3.63) is 151 Å². The van der Waals surface area contributed by atoms with Crippen molar-refractivity contribution in [2.75, 3.05) is 139 Å². The van der Waals surface area contributed by atoms with Gasteiger partial charge in [0.25, 0.3) is 0 Å². The van der Waals surface area contributed by atoms with Gasteiger partial charge in [-0.3, -0.25) is 9.59 Å². The lowest BCUT2D eigenvalue weighted by Gasteiger charge is -2.39. The second kappa shape index (κ2) is 43.6. The van der Waals surface area contributed by atoms with Crippen molar-refractivity contribution < 1.29 is 112 Å². The first-order valence-corrected chi connectivity index (χ1v) is 34.2. The van der Waals surface area contributed by atoms with Crippen molar-refractivity contribution in [1.82, 2.24) is 40.6 Å². The van der Waals surface area contributed by atoms with Gasteiger partial charge in [0.1, 0.15) is 67.8 Å². The van der Waals surface area contributed by atoms with Gasteiger partial charge in [-0.2, -0.15) is 0 Å². The van der Waals surface area contributed by atoms with Crippen LogP contribution in [0.1, 0.15) is 11.4 Å². The molecule has 31 heteroatoms. The zero-order valence-electron chi connectivity index (χ0n) is 57.2. The SMILES string of the molecule is O=C(CO[C@H]1O[C@H](CO)[C@@H](O)[C@H](O)[C@@H]1O)NCc1cnnn1CCOCCOCCOCCOCC(COCCOCCOCCOCCn1nncc1CNC(=O)CO[C@H]1O[C@H](CO)[C@@H](O)[C@H](O)[C@@H]1O)COc1cc(-c2ccc(-c3ccccc3)cc2)ccc1-c1ccc(-c2ccccc2)cc1. The Morgan fingerprint density at radius 1 is 0.417 bits per heavy atom. The number of rotatable bonds is 47. The minimum Gasteiger partial charge on any atom is -0.492 e. The first-order valence-electron chi connectivity index (χ1n) is 34.2.